The second-order valence-corrected chi connectivity index (χ2v) is 11.5. The van der Waals surface area contributed by atoms with Crippen molar-refractivity contribution in [3.8, 4) is 5.75 Å². The van der Waals surface area contributed by atoms with Gasteiger partial charge in [0.15, 0.2) is 11.4 Å². The van der Waals surface area contributed by atoms with E-state index in [-0.39, 0.29) is 34.8 Å². The number of aliphatic hydroxyl groups excluding tert-OH is 1. The number of hydrogen-bond donors (Lipinski definition) is 3. The minimum Gasteiger partial charge on any atom is -0.507 e. The van der Waals surface area contributed by atoms with Gasteiger partial charge in [0, 0.05) is 16.4 Å². The lowest BCUT2D eigenvalue weighted by Gasteiger charge is -2.60. The first kappa shape index (κ1) is 24.4. The van der Waals surface area contributed by atoms with E-state index in [0.717, 1.165) is 11.1 Å². The van der Waals surface area contributed by atoms with E-state index in [2.05, 4.69) is 0 Å². The Balaban J connectivity index is 2.09. The van der Waals surface area contributed by atoms with Crippen LogP contribution in [0.2, 0.25) is 0 Å². The van der Waals surface area contributed by atoms with Gasteiger partial charge < -0.3 is 15.3 Å². The summed E-state index contributed by atoms with van der Waals surface area (Å²) < 4.78 is 0. The van der Waals surface area contributed by atoms with Gasteiger partial charge in [-0.05, 0) is 69.1 Å². The van der Waals surface area contributed by atoms with E-state index in [0.29, 0.717) is 17.6 Å². The Labute approximate surface area is 200 Å². The third-order valence-corrected chi connectivity index (χ3v) is 8.73. The van der Waals surface area contributed by atoms with Gasteiger partial charge in [-0.3, -0.25) is 14.4 Å². The van der Waals surface area contributed by atoms with Crippen LogP contribution in [0, 0.1) is 36.5 Å². The van der Waals surface area contributed by atoms with Crippen LogP contribution in [-0.4, -0.2) is 38.3 Å². The molecule has 3 aliphatic carbocycles. The van der Waals surface area contributed by atoms with E-state index in [1.807, 2.05) is 33.8 Å². The van der Waals surface area contributed by atoms with E-state index in [9.17, 15) is 29.7 Å². The van der Waals surface area contributed by atoms with Crippen LogP contribution in [0.25, 0.3) is 5.76 Å². The van der Waals surface area contributed by atoms with Crippen molar-refractivity contribution in [2.75, 3.05) is 0 Å². The molecular formula is C28H34O6. The number of carbonyl (C=O) groups is 3. The third kappa shape index (κ3) is 2.69. The average molecular weight is 467 g/mol. The Morgan fingerprint density at radius 3 is 2.18 bits per heavy atom. The number of phenols is 1. The first-order valence-corrected chi connectivity index (χ1v) is 11.8. The van der Waals surface area contributed by atoms with E-state index in [4.69, 9.17) is 0 Å². The Kier molecular flexibility index (Phi) is 5.12. The highest BCUT2D eigenvalue weighted by Gasteiger charge is 2.71. The van der Waals surface area contributed by atoms with Crippen LogP contribution in [0.3, 0.4) is 0 Å². The monoisotopic (exact) mass is 466 g/mol. The number of carbonyl (C=O) groups excluding carboxylic acids is 3. The topological polar surface area (TPSA) is 112 Å². The molecule has 3 N–H and O–H groups in total. The number of aryl methyl sites for hydroxylation is 2. The van der Waals surface area contributed by atoms with Gasteiger partial charge in [-0.2, -0.15) is 0 Å². The SMILES string of the molecule is CC(=O)C1=C(C)[C@@H](C(C)C)[C@]2(C)C[C@]3(C)Cc4c(C)cc(C)c(O)c4C(O)=C3C(=O)[C@]2(O)C1=O. The molecule has 0 spiro atoms. The van der Waals surface area contributed by atoms with Gasteiger partial charge in [0.1, 0.15) is 11.5 Å². The average Bonchev–Trinajstić information content (AvgIpc) is 2.68. The van der Waals surface area contributed by atoms with Crippen molar-refractivity contribution in [3.63, 3.8) is 0 Å². The molecule has 3 aliphatic rings. The Bertz CT molecular complexity index is 1250. The predicted octanol–water partition coefficient (Wildman–Crippen LogP) is 4.31. The number of phenolic OH excluding ortho intramolecular Hbond substituents is 1. The largest absolute Gasteiger partial charge is 0.507 e. The molecule has 4 atom stereocenters. The number of aliphatic hydroxyl groups is 2. The molecule has 6 nitrogen and oxygen atoms in total. The van der Waals surface area contributed by atoms with Crippen molar-refractivity contribution in [3.05, 3.63) is 45.0 Å². The summed E-state index contributed by atoms with van der Waals surface area (Å²) in [6.07, 6.45) is 0.631. The summed E-state index contributed by atoms with van der Waals surface area (Å²) in [6, 6.07) is 1.85. The summed E-state index contributed by atoms with van der Waals surface area (Å²) in [5.41, 5.74) is -1.71. The van der Waals surface area contributed by atoms with Crippen LogP contribution in [0.1, 0.15) is 70.2 Å². The van der Waals surface area contributed by atoms with Crippen molar-refractivity contribution >= 4 is 23.1 Å². The number of ketones is 3. The summed E-state index contributed by atoms with van der Waals surface area (Å²) in [5, 5.41) is 34.2. The molecule has 34 heavy (non-hydrogen) atoms. The first-order chi connectivity index (χ1) is 15.5. The van der Waals surface area contributed by atoms with E-state index in [1.165, 1.54) is 6.92 Å². The lowest BCUT2D eigenvalue weighted by atomic mass is 9.42. The van der Waals surface area contributed by atoms with Crippen LogP contribution < -0.4 is 0 Å². The standard InChI is InChI=1S/C28H34O6/c1-12(2)20-15(5)18(16(6)29)24(32)28(34)25(33)21-23(31)19-17(13(3)9-14(4)22(19)30)10-26(21,7)11-27(20,28)8/h9,12,20,30-31,34H,10-11H2,1-8H3/t20-,26+,27+,28-/m1/s1. The predicted molar refractivity (Wildman–Crippen MR) is 128 cm³/mol. The summed E-state index contributed by atoms with van der Waals surface area (Å²) in [7, 11) is 0. The molecule has 0 heterocycles. The minimum atomic E-state index is -2.49. The summed E-state index contributed by atoms with van der Waals surface area (Å²) in [5.74, 6) is -3.20. The Morgan fingerprint density at radius 2 is 1.65 bits per heavy atom. The molecule has 182 valence electrons. The van der Waals surface area contributed by atoms with Gasteiger partial charge in [-0.25, -0.2) is 0 Å². The molecule has 1 fully saturated rings. The molecule has 1 aromatic carbocycles. The van der Waals surface area contributed by atoms with Gasteiger partial charge in [-0.15, -0.1) is 0 Å². The smallest absolute Gasteiger partial charge is 0.206 e. The van der Waals surface area contributed by atoms with Crippen LogP contribution in [0.4, 0.5) is 0 Å². The minimum absolute atomic E-state index is 0.0430. The highest BCUT2D eigenvalue weighted by Crippen LogP contribution is 2.65. The third-order valence-electron chi connectivity index (χ3n) is 8.73. The van der Waals surface area contributed by atoms with Gasteiger partial charge in [0.05, 0.1) is 11.1 Å². The van der Waals surface area contributed by atoms with Crippen LogP contribution >= 0.6 is 0 Å². The number of allylic oxidation sites excluding steroid dienone is 1. The molecule has 0 unspecified atom stereocenters. The number of fused-ring (bicyclic) bond motifs is 3. The first-order valence-electron chi connectivity index (χ1n) is 11.8. The summed E-state index contributed by atoms with van der Waals surface area (Å²) >= 11 is 0. The van der Waals surface area contributed by atoms with Crippen LogP contribution in [0.15, 0.2) is 22.8 Å². The van der Waals surface area contributed by atoms with Crippen LogP contribution in [-0.2, 0) is 20.8 Å². The maximum atomic E-state index is 14.2. The fourth-order valence-corrected chi connectivity index (χ4v) is 7.67. The highest BCUT2D eigenvalue weighted by molar-refractivity contribution is 6.33. The molecule has 6 heteroatoms. The number of benzene rings is 1. The lowest BCUT2D eigenvalue weighted by Crippen LogP contribution is -2.70. The van der Waals surface area contributed by atoms with Gasteiger partial charge in [0.25, 0.3) is 0 Å². The quantitative estimate of drug-likeness (QED) is 0.442. The fraction of sp³-hybridized carbons (Fsp3) is 0.536. The van der Waals surface area contributed by atoms with Gasteiger partial charge in [-0.1, -0.05) is 39.3 Å². The maximum absolute atomic E-state index is 14.2. The highest BCUT2D eigenvalue weighted by atomic mass is 16.3. The summed E-state index contributed by atoms with van der Waals surface area (Å²) in [6.45, 7) is 14.2. The van der Waals surface area contributed by atoms with Crippen molar-refractivity contribution in [2.45, 2.75) is 73.8 Å². The van der Waals surface area contributed by atoms with Crippen molar-refractivity contribution in [2.24, 2.45) is 22.7 Å². The normalized spacial score (nSPS) is 33.2. The molecule has 0 amide bonds. The summed E-state index contributed by atoms with van der Waals surface area (Å²) in [4.78, 5) is 40.4. The number of aromatic hydroxyl groups is 1. The maximum Gasteiger partial charge on any atom is 0.206 e. The molecule has 0 saturated heterocycles. The molecule has 0 aliphatic heterocycles. The molecule has 1 saturated carbocycles. The van der Waals surface area contributed by atoms with E-state index < -0.39 is 45.5 Å². The number of Topliss-reactive ketones (excluding diaryl/α,β-unsaturated/α-hetero) is 3. The zero-order chi connectivity index (χ0) is 25.7. The second kappa shape index (κ2) is 7.14. The van der Waals surface area contributed by atoms with Crippen molar-refractivity contribution in [1.82, 2.24) is 0 Å². The zero-order valence-corrected chi connectivity index (χ0v) is 21.2. The number of hydrogen-bond acceptors (Lipinski definition) is 6. The van der Waals surface area contributed by atoms with Crippen LogP contribution in [0.5, 0.6) is 5.75 Å². The van der Waals surface area contributed by atoms with E-state index >= 15 is 0 Å². The molecule has 4 rings (SSSR count). The van der Waals surface area contributed by atoms with Gasteiger partial charge >= 0.3 is 0 Å². The molecule has 1 aromatic rings. The zero-order valence-electron chi connectivity index (χ0n) is 21.2. The second-order valence-electron chi connectivity index (χ2n) is 11.5. The Morgan fingerprint density at radius 1 is 1.06 bits per heavy atom. The van der Waals surface area contributed by atoms with Crippen molar-refractivity contribution < 1.29 is 29.7 Å². The van der Waals surface area contributed by atoms with Crippen molar-refractivity contribution in [1.29, 1.82) is 0 Å². The molecule has 0 aromatic heterocycles. The fourth-order valence-electron chi connectivity index (χ4n) is 7.67. The molecule has 0 bridgehead atoms. The Hall–Kier alpha value is -2.73. The number of rotatable bonds is 2. The van der Waals surface area contributed by atoms with E-state index in [1.54, 1.807) is 20.8 Å². The molecular weight excluding hydrogens is 432 g/mol. The lowest BCUT2D eigenvalue weighted by molar-refractivity contribution is -0.180. The van der Waals surface area contributed by atoms with Gasteiger partial charge in [0.2, 0.25) is 11.6 Å². The molecule has 0 radical (unpaired) electrons.